The number of nitrogens with two attached hydrogens (primary N) is 1. The van der Waals surface area contributed by atoms with Gasteiger partial charge < -0.3 is 10.5 Å². The zero-order valence-corrected chi connectivity index (χ0v) is 16.5. The predicted octanol–water partition coefficient (Wildman–Crippen LogP) is 6.14. The van der Waals surface area contributed by atoms with Crippen molar-refractivity contribution in [1.29, 1.82) is 0 Å². The van der Waals surface area contributed by atoms with Crippen molar-refractivity contribution < 1.29 is 9.53 Å². The molecule has 0 aliphatic rings. The highest BCUT2D eigenvalue weighted by Crippen LogP contribution is 2.13. The largest absolute Gasteiger partial charge is 0.465 e. The Morgan fingerprint density at radius 1 is 0.708 bits per heavy atom. The highest BCUT2D eigenvalue weighted by molar-refractivity contribution is 5.74. The van der Waals surface area contributed by atoms with Crippen molar-refractivity contribution in [3.63, 3.8) is 0 Å². The molecule has 0 aliphatic heterocycles. The van der Waals surface area contributed by atoms with Crippen LogP contribution in [-0.2, 0) is 9.53 Å². The summed E-state index contributed by atoms with van der Waals surface area (Å²) in [4.78, 5) is 11.2. The number of hydrogen-bond donors (Lipinski definition) is 1. The second kappa shape index (κ2) is 18.8. The predicted molar refractivity (Wildman–Crippen MR) is 104 cm³/mol. The first-order valence-electron chi connectivity index (χ1n) is 10.6. The van der Waals surface area contributed by atoms with E-state index in [1.54, 1.807) is 6.92 Å². The number of rotatable bonds is 18. The van der Waals surface area contributed by atoms with Crippen LogP contribution in [0.1, 0.15) is 117 Å². The third-order valence-electron chi connectivity index (χ3n) is 4.61. The fourth-order valence-corrected chi connectivity index (χ4v) is 2.95. The molecular formula is C21H43NO2. The van der Waals surface area contributed by atoms with E-state index in [1.807, 2.05) is 0 Å². The summed E-state index contributed by atoms with van der Waals surface area (Å²) in [5, 5.41) is 0. The van der Waals surface area contributed by atoms with Crippen LogP contribution in [0.4, 0.5) is 0 Å². The number of ether oxygens (including phenoxy) is 1. The minimum Gasteiger partial charge on any atom is -0.465 e. The van der Waals surface area contributed by atoms with Crippen molar-refractivity contribution in [2.75, 3.05) is 6.61 Å². The summed E-state index contributed by atoms with van der Waals surface area (Å²) >= 11 is 0. The van der Waals surface area contributed by atoms with E-state index in [0.29, 0.717) is 6.61 Å². The smallest absolute Gasteiger partial charge is 0.322 e. The van der Waals surface area contributed by atoms with Gasteiger partial charge in [-0.2, -0.15) is 0 Å². The summed E-state index contributed by atoms with van der Waals surface area (Å²) in [6.45, 7) is 4.47. The molecule has 2 N–H and O–H groups in total. The summed E-state index contributed by atoms with van der Waals surface area (Å²) in [5.74, 6) is -0.282. The van der Waals surface area contributed by atoms with E-state index < -0.39 is 6.04 Å². The van der Waals surface area contributed by atoms with Gasteiger partial charge >= 0.3 is 5.97 Å². The quantitative estimate of drug-likeness (QED) is 0.241. The molecule has 3 heteroatoms. The molecule has 3 nitrogen and oxygen atoms in total. The first-order chi connectivity index (χ1) is 11.7. The molecule has 0 saturated heterocycles. The van der Waals surface area contributed by atoms with Gasteiger partial charge in [-0.15, -0.1) is 0 Å². The SMILES string of the molecule is CCCCCCCCCCCCCCCCCCOC(=O)[C@@H](C)N. The van der Waals surface area contributed by atoms with Crippen LogP contribution >= 0.6 is 0 Å². The van der Waals surface area contributed by atoms with E-state index in [-0.39, 0.29) is 5.97 Å². The van der Waals surface area contributed by atoms with Gasteiger partial charge in [0.05, 0.1) is 6.61 Å². The Balaban J connectivity index is 3.04. The van der Waals surface area contributed by atoms with Crippen LogP contribution in [-0.4, -0.2) is 18.6 Å². The van der Waals surface area contributed by atoms with Crippen molar-refractivity contribution in [2.45, 2.75) is 123 Å². The van der Waals surface area contributed by atoms with Crippen LogP contribution in [0, 0.1) is 0 Å². The molecule has 0 heterocycles. The molecule has 0 bridgehead atoms. The monoisotopic (exact) mass is 341 g/mol. The minimum atomic E-state index is -0.494. The Kier molecular flexibility index (Phi) is 18.3. The molecule has 0 aromatic carbocycles. The van der Waals surface area contributed by atoms with Crippen molar-refractivity contribution >= 4 is 5.97 Å². The van der Waals surface area contributed by atoms with Gasteiger partial charge in [-0.25, -0.2) is 0 Å². The maximum Gasteiger partial charge on any atom is 0.322 e. The average Bonchev–Trinajstić information content (AvgIpc) is 2.57. The number of carbonyl (C=O) groups excluding carboxylic acids is 1. The molecule has 0 aromatic heterocycles. The van der Waals surface area contributed by atoms with E-state index >= 15 is 0 Å². The first kappa shape index (κ1) is 23.4. The van der Waals surface area contributed by atoms with Gasteiger partial charge in [0.25, 0.3) is 0 Å². The standard InChI is InChI=1S/C21H43NO2/c1-3-4-5-6-7-8-9-10-11-12-13-14-15-16-17-18-19-24-21(23)20(2)22/h20H,3-19,22H2,1-2H3/t20-/m1/s1. The Morgan fingerprint density at radius 3 is 1.38 bits per heavy atom. The molecule has 0 aliphatic carbocycles. The van der Waals surface area contributed by atoms with E-state index in [0.717, 1.165) is 12.8 Å². The Labute approximate surface area is 151 Å². The lowest BCUT2D eigenvalue weighted by Crippen LogP contribution is -2.28. The molecule has 0 radical (unpaired) electrons. The molecule has 0 spiro atoms. The van der Waals surface area contributed by atoms with E-state index in [1.165, 1.54) is 89.9 Å². The molecule has 0 fully saturated rings. The summed E-state index contributed by atoms with van der Waals surface area (Å²) in [5.41, 5.74) is 5.43. The van der Waals surface area contributed by atoms with Gasteiger partial charge in [0.2, 0.25) is 0 Å². The van der Waals surface area contributed by atoms with Crippen molar-refractivity contribution in [3.05, 3.63) is 0 Å². The zero-order chi connectivity index (χ0) is 17.9. The molecule has 0 rings (SSSR count). The lowest BCUT2D eigenvalue weighted by atomic mass is 10.0. The highest BCUT2D eigenvalue weighted by atomic mass is 16.5. The molecule has 0 amide bonds. The lowest BCUT2D eigenvalue weighted by Gasteiger charge is -2.07. The van der Waals surface area contributed by atoms with E-state index in [9.17, 15) is 4.79 Å². The fourth-order valence-electron chi connectivity index (χ4n) is 2.95. The molecule has 0 unspecified atom stereocenters. The van der Waals surface area contributed by atoms with Crippen molar-refractivity contribution in [3.8, 4) is 0 Å². The summed E-state index contributed by atoms with van der Waals surface area (Å²) < 4.78 is 5.06. The minimum absolute atomic E-state index is 0.282. The highest BCUT2D eigenvalue weighted by Gasteiger charge is 2.07. The topological polar surface area (TPSA) is 52.3 Å². The van der Waals surface area contributed by atoms with Gasteiger partial charge in [0.1, 0.15) is 6.04 Å². The van der Waals surface area contributed by atoms with Crippen molar-refractivity contribution in [2.24, 2.45) is 5.73 Å². The zero-order valence-electron chi connectivity index (χ0n) is 16.5. The summed E-state index contributed by atoms with van der Waals surface area (Å²) in [6.07, 6.45) is 21.7. The third kappa shape index (κ3) is 17.8. The Hall–Kier alpha value is -0.570. The number of unbranched alkanes of at least 4 members (excludes halogenated alkanes) is 15. The van der Waals surface area contributed by atoms with Gasteiger partial charge in [-0.1, -0.05) is 103 Å². The van der Waals surface area contributed by atoms with Crippen LogP contribution in [0.3, 0.4) is 0 Å². The van der Waals surface area contributed by atoms with E-state index in [4.69, 9.17) is 10.5 Å². The van der Waals surface area contributed by atoms with Gasteiger partial charge in [0.15, 0.2) is 0 Å². The Morgan fingerprint density at radius 2 is 1.04 bits per heavy atom. The summed E-state index contributed by atoms with van der Waals surface area (Å²) in [7, 11) is 0. The van der Waals surface area contributed by atoms with Crippen LogP contribution in [0.5, 0.6) is 0 Å². The molecule has 24 heavy (non-hydrogen) atoms. The number of hydrogen-bond acceptors (Lipinski definition) is 3. The maximum absolute atomic E-state index is 11.2. The number of esters is 1. The third-order valence-corrected chi connectivity index (χ3v) is 4.61. The maximum atomic E-state index is 11.2. The molecular weight excluding hydrogens is 298 g/mol. The Bertz CT molecular complexity index is 267. The average molecular weight is 342 g/mol. The van der Waals surface area contributed by atoms with Crippen LogP contribution < -0.4 is 5.73 Å². The van der Waals surface area contributed by atoms with E-state index in [2.05, 4.69) is 6.92 Å². The van der Waals surface area contributed by atoms with Gasteiger partial charge in [0, 0.05) is 0 Å². The molecule has 1 atom stereocenters. The normalized spacial score (nSPS) is 12.3. The molecule has 0 saturated carbocycles. The fraction of sp³-hybridized carbons (Fsp3) is 0.952. The van der Waals surface area contributed by atoms with Gasteiger partial charge in [-0.05, 0) is 13.3 Å². The molecule has 0 aromatic rings. The van der Waals surface area contributed by atoms with Crippen LogP contribution in [0.15, 0.2) is 0 Å². The molecule has 144 valence electrons. The second-order valence-electron chi connectivity index (χ2n) is 7.26. The van der Waals surface area contributed by atoms with Crippen LogP contribution in [0.2, 0.25) is 0 Å². The lowest BCUT2D eigenvalue weighted by molar-refractivity contribution is -0.144. The van der Waals surface area contributed by atoms with Crippen LogP contribution in [0.25, 0.3) is 0 Å². The first-order valence-corrected chi connectivity index (χ1v) is 10.6. The van der Waals surface area contributed by atoms with Crippen molar-refractivity contribution in [1.82, 2.24) is 0 Å². The second-order valence-corrected chi connectivity index (χ2v) is 7.26. The summed E-state index contributed by atoms with van der Waals surface area (Å²) in [6, 6.07) is -0.494. The van der Waals surface area contributed by atoms with Gasteiger partial charge in [-0.3, -0.25) is 4.79 Å². The number of carbonyl (C=O) groups is 1.